The highest BCUT2D eigenvalue weighted by Crippen LogP contribution is 2.16. The SMILES string of the molecule is CSc1nc2c(=O)n(C)c(=O)n(C)c2n1C. The quantitative estimate of drug-likeness (QED) is 0.642. The van der Waals surface area contributed by atoms with E-state index in [2.05, 4.69) is 4.98 Å². The first-order valence-electron chi connectivity index (χ1n) is 4.65. The maximum absolute atomic E-state index is 11.8. The van der Waals surface area contributed by atoms with Crippen LogP contribution in [0.2, 0.25) is 0 Å². The Labute approximate surface area is 95.5 Å². The van der Waals surface area contributed by atoms with Crippen molar-refractivity contribution in [2.75, 3.05) is 6.26 Å². The molecule has 0 radical (unpaired) electrons. The second-order valence-corrected chi connectivity index (χ2v) is 4.31. The zero-order valence-electron chi connectivity index (χ0n) is 9.51. The minimum absolute atomic E-state index is 0.330. The van der Waals surface area contributed by atoms with Gasteiger partial charge in [0.25, 0.3) is 5.56 Å². The van der Waals surface area contributed by atoms with Gasteiger partial charge >= 0.3 is 5.69 Å². The summed E-state index contributed by atoms with van der Waals surface area (Å²) in [4.78, 5) is 27.8. The van der Waals surface area contributed by atoms with E-state index in [0.717, 1.165) is 4.57 Å². The van der Waals surface area contributed by atoms with Crippen molar-refractivity contribution in [1.29, 1.82) is 0 Å². The second kappa shape index (κ2) is 3.51. The summed E-state index contributed by atoms with van der Waals surface area (Å²) >= 11 is 1.44. The van der Waals surface area contributed by atoms with E-state index in [9.17, 15) is 9.59 Å². The van der Waals surface area contributed by atoms with E-state index >= 15 is 0 Å². The summed E-state index contributed by atoms with van der Waals surface area (Å²) in [6, 6.07) is 0. The van der Waals surface area contributed by atoms with Gasteiger partial charge in [-0.25, -0.2) is 9.78 Å². The molecule has 16 heavy (non-hydrogen) atoms. The first-order chi connectivity index (χ1) is 7.49. The predicted octanol–water partition coefficient (Wildman–Crippen LogP) is -0.307. The predicted molar refractivity (Wildman–Crippen MR) is 63.0 cm³/mol. The van der Waals surface area contributed by atoms with Gasteiger partial charge in [-0.05, 0) is 6.26 Å². The number of aryl methyl sites for hydroxylation is 2. The lowest BCUT2D eigenvalue weighted by molar-refractivity contribution is 0.690. The number of hydrogen-bond acceptors (Lipinski definition) is 4. The van der Waals surface area contributed by atoms with Crippen LogP contribution in [0.3, 0.4) is 0 Å². The van der Waals surface area contributed by atoms with E-state index in [4.69, 9.17) is 0 Å². The molecule has 2 aromatic rings. The van der Waals surface area contributed by atoms with E-state index in [-0.39, 0.29) is 11.2 Å². The van der Waals surface area contributed by atoms with Crippen LogP contribution in [0.4, 0.5) is 0 Å². The minimum Gasteiger partial charge on any atom is -0.308 e. The van der Waals surface area contributed by atoms with E-state index < -0.39 is 0 Å². The van der Waals surface area contributed by atoms with Crippen LogP contribution in [0.1, 0.15) is 0 Å². The highest BCUT2D eigenvalue weighted by atomic mass is 32.2. The van der Waals surface area contributed by atoms with Gasteiger partial charge < -0.3 is 4.57 Å². The molecule has 2 heterocycles. The molecule has 86 valence electrons. The molecular formula is C9H12N4O2S. The molecule has 0 N–H and O–H groups in total. The lowest BCUT2D eigenvalue weighted by Gasteiger charge is -2.04. The first kappa shape index (κ1) is 11.0. The van der Waals surface area contributed by atoms with Crippen LogP contribution in [-0.2, 0) is 21.1 Å². The molecule has 0 aliphatic rings. The second-order valence-electron chi connectivity index (χ2n) is 3.54. The highest BCUT2D eigenvalue weighted by molar-refractivity contribution is 7.98. The Kier molecular flexibility index (Phi) is 2.42. The summed E-state index contributed by atoms with van der Waals surface area (Å²) in [6.45, 7) is 0. The number of rotatable bonds is 1. The molecule has 0 unspecified atom stereocenters. The van der Waals surface area contributed by atoms with Gasteiger partial charge in [0.05, 0.1) is 0 Å². The van der Waals surface area contributed by atoms with E-state index in [1.54, 1.807) is 18.7 Å². The Bertz CT molecular complexity index is 679. The normalized spacial score (nSPS) is 11.2. The molecule has 2 aromatic heterocycles. The van der Waals surface area contributed by atoms with E-state index in [0.29, 0.717) is 16.3 Å². The maximum Gasteiger partial charge on any atom is 0.332 e. The summed E-state index contributed by atoms with van der Waals surface area (Å²) < 4.78 is 4.26. The third-order valence-electron chi connectivity index (χ3n) is 2.61. The van der Waals surface area contributed by atoms with Crippen LogP contribution in [-0.4, -0.2) is 24.9 Å². The number of hydrogen-bond donors (Lipinski definition) is 0. The average molecular weight is 240 g/mol. The molecule has 0 fully saturated rings. The molecule has 7 heteroatoms. The summed E-state index contributed by atoms with van der Waals surface area (Å²) in [6.07, 6.45) is 1.88. The number of imidazole rings is 1. The van der Waals surface area contributed by atoms with Gasteiger partial charge in [0.15, 0.2) is 16.3 Å². The minimum atomic E-state index is -0.353. The maximum atomic E-state index is 11.8. The van der Waals surface area contributed by atoms with Crippen molar-refractivity contribution in [3.8, 4) is 0 Å². The lowest BCUT2D eigenvalue weighted by atomic mass is 10.5. The molecular weight excluding hydrogens is 228 g/mol. The molecule has 0 aliphatic heterocycles. The Morgan fingerprint density at radius 3 is 2.25 bits per heavy atom. The van der Waals surface area contributed by atoms with E-state index in [1.807, 2.05) is 6.26 Å². The molecule has 6 nitrogen and oxygen atoms in total. The number of aromatic nitrogens is 4. The van der Waals surface area contributed by atoms with Crippen molar-refractivity contribution in [1.82, 2.24) is 18.7 Å². The molecule has 0 amide bonds. The molecule has 0 saturated carbocycles. The molecule has 0 aliphatic carbocycles. The van der Waals surface area contributed by atoms with Gasteiger partial charge in [0.2, 0.25) is 0 Å². The van der Waals surface area contributed by atoms with Crippen LogP contribution in [0.15, 0.2) is 14.7 Å². The lowest BCUT2D eigenvalue weighted by Crippen LogP contribution is -2.37. The standard InChI is InChI=1S/C9H12N4O2S/c1-11-6-5(10-8(11)16-4)7(14)13(3)9(15)12(6)2/h1-4H3. The first-order valence-corrected chi connectivity index (χ1v) is 5.88. The Morgan fingerprint density at radius 2 is 1.69 bits per heavy atom. The molecule has 0 saturated heterocycles. The van der Waals surface area contributed by atoms with Crippen molar-refractivity contribution in [2.45, 2.75) is 5.16 Å². The zero-order valence-corrected chi connectivity index (χ0v) is 10.3. The summed E-state index contributed by atoms with van der Waals surface area (Å²) in [7, 11) is 4.88. The molecule has 0 spiro atoms. The third-order valence-corrected chi connectivity index (χ3v) is 3.34. The third kappa shape index (κ3) is 1.24. The van der Waals surface area contributed by atoms with Crippen molar-refractivity contribution >= 4 is 22.9 Å². The van der Waals surface area contributed by atoms with Gasteiger partial charge in [0.1, 0.15) is 0 Å². The van der Waals surface area contributed by atoms with Crippen molar-refractivity contribution in [3.05, 3.63) is 20.8 Å². The van der Waals surface area contributed by atoms with Crippen LogP contribution >= 0.6 is 11.8 Å². The molecule has 0 aromatic carbocycles. The van der Waals surface area contributed by atoms with Crippen LogP contribution in [0.25, 0.3) is 11.2 Å². The summed E-state index contributed by atoms with van der Waals surface area (Å²) in [5, 5.41) is 0.716. The fourth-order valence-corrected chi connectivity index (χ4v) is 2.28. The van der Waals surface area contributed by atoms with Gasteiger partial charge in [-0.2, -0.15) is 0 Å². The molecule has 2 rings (SSSR count). The van der Waals surface area contributed by atoms with Gasteiger partial charge in [0, 0.05) is 21.1 Å². The highest BCUT2D eigenvalue weighted by Gasteiger charge is 2.15. The van der Waals surface area contributed by atoms with Gasteiger partial charge in [-0.15, -0.1) is 0 Å². The number of fused-ring (bicyclic) bond motifs is 1. The van der Waals surface area contributed by atoms with Crippen LogP contribution < -0.4 is 11.2 Å². The van der Waals surface area contributed by atoms with E-state index in [1.165, 1.54) is 23.4 Å². The topological polar surface area (TPSA) is 61.8 Å². The van der Waals surface area contributed by atoms with Crippen molar-refractivity contribution in [2.24, 2.45) is 21.1 Å². The van der Waals surface area contributed by atoms with Crippen LogP contribution in [0.5, 0.6) is 0 Å². The zero-order chi connectivity index (χ0) is 12.0. The fraction of sp³-hybridized carbons (Fsp3) is 0.444. The van der Waals surface area contributed by atoms with Gasteiger partial charge in [-0.3, -0.25) is 13.9 Å². The van der Waals surface area contributed by atoms with Crippen molar-refractivity contribution in [3.63, 3.8) is 0 Å². The largest absolute Gasteiger partial charge is 0.332 e. The number of thioether (sulfide) groups is 1. The Hall–Kier alpha value is -1.50. The monoisotopic (exact) mass is 240 g/mol. The average Bonchev–Trinajstić information content (AvgIpc) is 2.61. The Balaban J connectivity index is 3.13. The number of nitrogens with zero attached hydrogens (tertiary/aromatic N) is 4. The fourth-order valence-electron chi connectivity index (χ4n) is 1.74. The summed E-state index contributed by atoms with van der Waals surface area (Å²) in [5.41, 5.74) is 0.191. The summed E-state index contributed by atoms with van der Waals surface area (Å²) in [5.74, 6) is 0. The smallest absolute Gasteiger partial charge is 0.308 e. The van der Waals surface area contributed by atoms with Crippen LogP contribution in [0, 0.1) is 0 Å². The molecule has 0 bridgehead atoms. The van der Waals surface area contributed by atoms with Crippen molar-refractivity contribution < 1.29 is 0 Å². The molecule has 0 atom stereocenters. The van der Waals surface area contributed by atoms with Gasteiger partial charge in [-0.1, -0.05) is 11.8 Å². The Morgan fingerprint density at radius 1 is 1.06 bits per heavy atom.